The van der Waals surface area contributed by atoms with Crippen molar-refractivity contribution < 1.29 is 13.2 Å². The molecule has 1 unspecified atom stereocenters. The fourth-order valence-corrected chi connectivity index (χ4v) is 4.57. The van der Waals surface area contributed by atoms with E-state index in [0.717, 1.165) is 12.8 Å². The highest BCUT2D eigenvalue weighted by atomic mass is 35.5. The van der Waals surface area contributed by atoms with Gasteiger partial charge in [0.1, 0.15) is 0 Å². The van der Waals surface area contributed by atoms with Gasteiger partial charge in [0.25, 0.3) is 0 Å². The number of likely N-dealkylation sites (tertiary alicyclic amines) is 1. The van der Waals surface area contributed by atoms with Gasteiger partial charge >= 0.3 is 0 Å². The minimum Gasteiger partial charge on any atom is -0.340 e. The van der Waals surface area contributed by atoms with Gasteiger partial charge in [-0.3, -0.25) is 4.79 Å². The first-order chi connectivity index (χ1) is 8.43. The minimum absolute atomic E-state index is 0. The molecule has 0 spiro atoms. The van der Waals surface area contributed by atoms with Gasteiger partial charge in [-0.1, -0.05) is 0 Å². The summed E-state index contributed by atoms with van der Waals surface area (Å²) in [5.74, 6) is -0.158. The Morgan fingerprint density at radius 3 is 2.37 bits per heavy atom. The summed E-state index contributed by atoms with van der Waals surface area (Å²) in [5.41, 5.74) is 5.54. The van der Waals surface area contributed by atoms with E-state index in [4.69, 9.17) is 5.73 Å². The quantitative estimate of drug-likeness (QED) is 0.781. The molecule has 2 fully saturated rings. The average molecular weight is 312 g/mol. The molecule has 0 bridgehead atoms. The number of hydrogen-bond acceptors (Lipinski definition) is 4. The summed E-state index contributed by atoms with van der Waals surface area (Å²) in [5, 5.41) is -0.446. The number of hydrogen-bond donors (Lipinski definition) is 1. The Kier molecular flexibility index (Phi) is 5.61. The number of rotatable bonds is 3. The third-order valence-electron chi connectivity index (χ3n) is 3.69. The number of nitrogens with two attached hydrogens (primary N) is 1. The summed E-state index contributed by atoms with van der Waals surface area (Å²) in [6.07, 6.45) is 2.40. The van der Waals surface area contributed by atoms with Crippen molar-refractivity contribution in [3.8, 4) is 0 Å². The third kappa shape index (κ3) is 3.39. The number of carbonyl (C=O) groups excluding carboxylic acids is 1. The van der Waals surface area contributed by atoms with Crippen molar-refractivity contribution in [3.05, 3.63) is 0 Å². The van der Waals surface area contributed by atoms with Gasteiger partial charge in [-0.05, 0) is 26.2 Å². The molecule has 0 aromatic rings. The molecular weight excluding hydrogens is 290 g/mol. The number of nitrogens with zero attached hydrogens (tertiary/aromatic N) is 2. The second-order valence-corrected chi connectivity index (χ2v) is 7.35. The van der Waals surface area contributed by atoms with Crippen LogP contribution in [0.15, 0.2) is 0 Å². The van der Waals surface area contributed by atoms with E-state index in [1.54, 1.807) is 16.1 Å². The molecule has 6 nitrogen and oxygen atoms in total. The monoisotopic (exact) mass is 311 g/mol. The molecule has 0 aromatic heterocycles. The topological polar surface area (TPSA) is 83.7 Å². The molecule has 112 valence electrons. The van der Waals surface area contributed by atoms with Crippen LogP contribution in [0.1, 0.15) is 26.2 Å². The second kappa shape index (κ2) is 6.39. The molecule has 0 aromatic carbocycles. The van der Waals surface area contributed by atoms with Gasteiger partial charge in [-0.15, -0.1) is 12.4 Å². The van der Waals surface area contributed by atoms with Gasteiger partial charge in [0, 0.05) is 26.2 Å². The van der Waals surface area contributed by atoms with E-state index in [1.165, 1.54) is 0 Å². The molecule has 0 aliphatic carbocycles. The average Bonchev–Trinajstić information content (AvgIpc) is 2.99. The molecule has 2 heterocycles. The van der Waals surface area contributed by atoms with Crippen LogP contribution >= 0.6 is 12.4 Å². The van der Waals surface area contributed by atoms with Crippen molar-refractivity contribution in [2.75, 3.05) is 26.2 Å². The summed E-state index contributed by atoms with van der Waals surface area (Å²) in [7, 11) is -3.23. The summed E-state index contributed by atoms with van der Waals surface area (Å²) >= 11 is 0. The smallest absolute Gasteiger partial charge is 0.239 e. The molecule has 2 aliphatic heterocycles. The van der Waals surface area contributed by atoms with Gasteiger partial charge in [0.05, 0.1) is 11.3 Å². The Labute approximate surface area is 120 Å². The van der Waals surface area contributed by atoms with Crippen molar-refractivity contribution in [2.24, 2.45) is 5.73 Å². The maximum atomic E-state index is 12.3. The van der Waals surface area contributed by atoms with E-state index >= 15 is 0 Å². The van der Waals surface area contributed by atoms with Crippen molar-refractivity contribution >= 4 is 28.3 Å². The highest BCUT2D eigenvalue weighted by Crippen LogP contribution is 2.23. The molecule has 0 saturated carbocycles. The molecule has 1 amide bonds. The summed E-state index contributed by atoms with van der Waals surface area (Å²) in [6, 6.07) is -0.557. The van der Waals surface area contributed by atoms with E-state index in [0.29, 0.717) is 32.6 Å². The van der Waals surface area contributed by atoms with E-state index < -0.39 is 21.3 Å². The molecule has 0 radical (unpaired) electrons. The lowest BCUT2D eigenvalue weighted by Crippen LogP contribution is -2.43. The molecule has 2 rings (SSSR count). The highest BCUT2D eigenvalue weighted by Gasteiger charge is 2.39. The standard InChI is InChI=1S/C11H21N3O3S.ClH/c1-9(12)11(15)13-7-4-10(8-13)18(16,17)14-5-2-3-6-14;/h9-10H,2-8,12H2,1H3;1H/t9-,10?;/m1./s1. The first-order valence-corrected chi connectivity index (χ1v) is 7.96. The fourth-order valence-electron chi connectivity index (χ4n) is 2.61. The zero-order chi connectivity index (χ0) is 13.3. The first-order valence-electron chi connectivity index (χ1n) is 6.46. The third-order valence-corrected chi connectivity index (χ3v) is 6.00. The normalized spacial score (nSPS) is 26.2. The van der Waals surface area contributed by atoms with Crippen LogP contribution in [-0.2, 0) is 14.8 Å². The first kappa shape index (κ1) is 16.7. The number of carbonyl (C=O) groups is 1. The predicted octanol–water partition coefficient (Wildman–Crippen LogP) is -0.218. The van der Waals surface area contributed by atoms with Crippen LogP contribution in [0.3, 0.4) is 0 Å². The SMILES string of the molecule is C[C@@H](N)C(=O)N1CCC(S(=O)(=O)N2CCCC2)C1.Cl. The lowest BCUT2D eigenvalue weighted by Gasteiger charge is -2.22. The molecule has 2 atom stereocenters. The molecule has 8 heteroatoms. The van der Waals surface area contributed by atoms with Crippen LogP contribution in [0.2, 0.25) is 0 Å². The van der Waals surface area contributed by atoms with Crippen molar-refractivity contribution in [3.63, 3.8) is 0 Å². The van der Waals surface area contributed by atoms with Gasteiger partial charge in [0.2, 0.25) is 15.9 Å². The molecule has 19 heavy (non-hydrogen) atoms. The van der Waals surface area contributed by atoms with Crippen LogP contribution in [0.25, 0.3) is 0 Å². The fraction of sp³-hybridized carbons (Fsp3) is 0.909. The van der Waals surface area contributed by atoms with Crippen LogP contribution in [0.5, 0.6) is 0 Å². The Morgan fingerprint density at radius 2 is 1.84 bits per heavy atom. The Hall–Kier alpha value is -0.370. The molecule has 2 aliphatic rings. The van der Waals surface area contributed by atoms with Crippen LogP contribution < -0.4 is 5.73 Å². The van der Waals surface area contributed by atoms with Gasteiger partial charge in [-0.2, -0.15) is 0 Å². The van der Waals surface area contributed by atoms with Gasteiger partial charge in [-0.25, -0.2) is 12.7 Å². The predicted molar refractivity (Wildman–Crippen MR) is 75.6 cm³/mol. The van der Waals surface area contributed by atoms with E-state index in [1.807, 2.05) is 0 Å². The molecule has 2 N–H and O–H groups in total. The highest BCUT2D eigenvalue weighted by molar-refractivity contribution is 7.89. The van der Waals surface area contributed by atoms with Crippen molar-refractivity contribution in [1.82, 2.24) is 9.21 Å². The van der Waals surface area contributed by atoms with Crippen molar-refractivity contribution in [2.45, 2.75) is 37.5 Å². The summed E-state index contributed by atoms with van der Waals surface area (Å²) in [6.45, 7) is 3.67. The number of sulfonamides is 1. The summed E-state index contributed by atoms with van der Waals surface area (Å²) < 4.78 is 26.2. The lowest BCUT2D eigenvalue weighted by atomic mass is 10.3. The number of halogens is 1. The van der Waals surface area contributed by atoms with E-state index in [-0.39, 0.29) is 18.3 Å². The molecule has 2 saturated heterocycles. The minimum atomic E-state index is -3.23. The largest absolute Gasteiger partial charge is 0.340 e. The summed E-state index contributed by atoms with van der Waals surface area (Å²) in [4.78, 5) is 13.3. The lowest BCUT2D eigenvalue weighted by molar-refractivity contribution is -0.131. The zero-order valence-electron chi connectivity index (χ0n) is 11.1. The van der Waals surface area contributed by atoms with Crippen LogP contribution in [0.4, 0.5) is 0 Å². The van der Waals surface area contributed by atoms with Crippen molar-refractivity contribution in [1.29, 1.82) is 0 Å². The maximum Gasteiger partial charge on any atom is 0.239 e. The zero-order valence-corrected chi connectivity index (χ0v) is 12.8. The number of amides is 1. The van der Waals surface area contributed by atoms with Gasteiger partial charge in [0.15, 0.2) is 0 Å². The maximum absolute atomic E-state index is 12.3. The second-order valence-electron chi connectivity index (χ2n) is 5.13. The van der Waals surface area contributed by atoms with Crippen LogP contribution in [-0.4, -0.2) is 61.0 Å². The van der Waals surface area contributed by atoms with Gasteiger partial charge < -0.3 is 10.6 Å². The van der Waals surface area contributed by atoms with E-state index in [9.17, 15) is 13.2 Å². The van der Waals surface area contributed by atoms with Crippen LogP contribution in [0, 0.1) is 0 Å². The van der Waals surface area contributed by atoms with E-state index in [2.05, 4.69) is 0 Å². The molecular formula is C11H22ClN3O3S. The Balaban J connectivity index is 0.00000180. The Bertz CT molecular complexity index is 421. The Morgan fingerprint density at radius 1 is 1.26 bits per heavy atom.